The predicted molar refractivity (Wildman–Crippen MR) is 145 cm³/mol. The lowest BCUT2D eigenvalue weighted by molar-refractivity contribution is -0.137. The molecule has 5 rings (SSSR count). The number of aliphatic hydroxyl groups is 1. The molecule has 206 valence electrons. The highest BCUT2D eigenvalue weighted by Gasteiger charge is 2.49. The maximum Gasteiger partial charge on any atom is 0.417 e. The summed E-state index contributed by atoms with van der Waals surface area (Å²) in [7, 11) is 0. The van der Waals surface area contributed by atoms with Crippen molar-refractivity contribution in [2.45, 2.75) is 30.5 Å². The number of rotatable bonds is 7. The Kier molecular flexibility index (Phi) is 7.57. The number of anilines is 1. The van der Waals surface area contributed by atoms with Gasteiger partial charge in [0.1, 0.15) is 16.8 Å². The molecule has 3 atom stereocenters. The first-order valence-corrected chi connectivity index (χ1v) is 13.4. The van der Waals surface area contributed by atoms with Crippen LogP contribution in [-0.4, -0.2) is 32.1 Å². The molecule has 1 aliphatic heterocycles. The van der Waals surface area contributed by atoms with Crippen LogP contribution >= 0.6 is 11.8 Å². The van der Waals surface area contributed by atoms with Crippen LogP contribution in [0.5, 0.6) is 5.75 Å². The van der Waals surface area contributed by atoms with E-state index in [1.165, 1.54) is 42.2 Å². The van der Waals surface area contributed by atoms with Gasteiger partial charge in [-0.1, -0.05) is 30.3 Å². The maximum atomic E-state index is 13.4. The van der Waals surface area contributed by atoms with Crippen molar-refractivity contribution in [3.8, 4) is 16.9 Å². The van der Waals surface area contributed by atoms with E-state index >= 15 is 0 Å². The highest BCUT2D eigenvalue weighted by molar-refractivity contribution is 8.00. The Labute approximate surface area is 232 Å². The van der Waals surface area contributed by atoms with E-state index in [0.717, 1.165) is 23.4 Å². The molecule has 1 aliphatic rings. The number of halogens is 4. The number of β-lactam (4-membered cyclic amide) rings is 1. The monoisotopic (exact) mass is 568 g/mol. The second-order valence-corrected chi connectivity index (χ2v) is 10.7. The molecule has 3 aromatic carbocycles. The Bertz CT molecular complexity index is 1530. The van der Waals surface area contributed by atoms with Crippen molar-refractivity contribution in [3.63, 3.8) is 0 Å². The van der Waals surface area contributed by atoms with Gasteiger partial charge in [0.25, 0.3) is 0 Å². The molecule has 1 amide bonds. The van der Waals surface area contributed by atoms with E-state index in [0.29, 0.717) is 22.4 Å². The van der Waals surface area contributed by atoms with E-state index in [9.17, 15) is 32.6 Å². The maximum absolute atomic E-state index is 13.4. The number of aromatic nitrogens is 1. The molecule has 10 heteroatoms. The molecule has 40 heavy (non-hydrogen) atoms. The summed E-state index contributed by atoms with van der Waals surface area (Å²) >= 11 is 1.28. The van der Waals surface area contributed by atoms with Gasteiger partial charge in [0.2, 0.25) is 5.91 Å². The van der Waals surface area contributed by atoms with Gasteiger partial charge in [-0.25, -0.2) is 4.39 Å². The summed E-state index contributed by atoms with van der Waals surface area (Å²) in [5.74, 6) is -0.312. The third-order valence-electron chi connectivity index (χ3n) is 6.85. The van der Waals surface area contributed by atoms with Crippen molar-refractivity contribution in [1.29, 1.82) is 0 Å². The number of nitrogens with zero attached hydrogens (tertiary/aromatic N) is 2. The summed E-state index contributed by atoms with van der Waals surface area (Å²) in [6.45, 7) is 1.83. The van der Waals surface area contributed by atoms with E-state index in [-0.39, 0.29) is 17.4 Å². The van der Waals surface area contributed by atoms with Crippen LogP contribution in [0.3, 0.4) is 0 Å². The molecule has 1 aromatic heterocycles. The molecule has 0 saturated carbocycles. The molecule has 1 saturated heterocycles. The summed E-state index contributed by atoms with van der Waals surface area (Å²) in [5, 5.41) is 20.0. The summed E-state index contributed by atoms with van der Waals surface area (Å²) < 4.78 is 52.7. The highest BCUT2D eigenvalue weighted by atomic mass is 32.2. The zero-order valence-corrected chi connectivity index (χ0v) is 22.0. The van der Waals surface area contributed by atoms with Gasteiger partial charge in [-0.05, 0) is 71.6 Å². The van der Waals surface area contributed by atoms with Gasteiger partial charge in [0.15, 0.2) is 0 Å². The second-order valence-electron chi connectivity index (χ2n) is 9.52. The predicted octanol–water partition coefficient (Wildman–Crippen LogP) is 6.84. The van der Waals surface area contributed by atoms with E-state index in [2.05, 4.69) is 4.98 Å². The Morgan fingerprint density at radius 3 is 2.33 bits per heavy atom. The average Bonchev–Trinajstić information content (AvgIpc) is 2.92. The first kappa shape index (κ1) is 27.7. The number of aromatic hydroxyl groups is 1. The van der Waals surface area contributed by atoms with Crippen molar-refractivity contribution in [3.05, 3.63) is 113 Å². The fraction of sp³-hybridized carbons (Fsp3) is 0.200. The number of aryl methyl sites for hydroxylation is 1. The zero-order valence-electron chi connectivity index (χ0n) is 21.1. The topological polar surface area (TPSA) is 73.7 Å². The number of hydrogen-bond donors (Lipinski definition) is 2. The molecular formula is C30H24F4N2O3S. The minimum Gasteiger partial charge on any atom is -0.508 e. The van der Waals surface area contributed by atoms with Gasteiger partial charge in [0, 0.05) is 29.4 Å². The second kappa shape index (κ2) is 10.9. The smallest absolute Gasteiger partial charge is 0.417 e. The number of hydrogen-bond acceptors (Lipinski definition) is 5. The fourth-order valence-corrected chi connectivity index (χ4v) is 6.04. The molecule has 2 heterocycles. The Morgan fingerprint density at radius 2 is 1.68 bits per heavy atom. The van der Waals surface area contributed by atoms with Gasteiger partial charge in [-0.15, -0.1) is 11.8 Å². The third-order valence-corrected chi connectivity index (χ3v) is 8.18. The minimum atomic E-state index is -4.51. The molecule has 0 unspecified atom stereocenters. The van der Waals surface area contributed by atoms with Crippen LogP contribution < -0.4 is 4.90 Å². The number of phenolic OH excluding ortho intramolecular Hbond substituents is 1. The van der Waals surface area contributed by atoms with Crippen molar-refractivity contribution < 1.29 is 32.6 Å². The number of thioether (sulfide) groups is 1. The summed E-state index contributed by atoms with van der Waals surface area (Å²) in [5.41, 5.74) is 2.65. The van der Waals surface area contributed by atoms with Gasteiger partial charge in [0.05, 0.1) is 17.7 Å². The number of phenols is 1. The summed E-state index contributed by atoms with van der Waals surface area (Å²) in [4.78, 5) is 18.7. The highest BCUT2D eigenvalue weighted by Crippen LogP contribution is 2.47. The molecule has 0 bridgehead atoms. The molecule has 1 fully saturated rings. The molecule has 0 radical (unpaired) electrons. The minimum absolute atomic E-state index is 0.0911. The van der Waals surface area contributed by atoms with Crippen molar-refractivity contribution in [2.24, 2.45) is 0 Å². The van der Waals surface area contributed by atoms with E-state index in [1.807, 2.05) is 6.92 Å². The molecule has 2 N–H and O–H groups in total. The van der Waals surface area contributed by atoms with Crippen molar-refractivity contribution >= 4 is 23.4 Å². The molecular weight excluding hydrogens is 544 g/mol. The normalized spacial score (nSPS) is 17.9. The Hall–Kier alpha value is -3.89. The number of benzene rings is 3. The van der Waals surface area contributed by atoms with E-state index in [1.54, 1.807) is 47.4 Å². The third kappa shape index (κ3) is 5.55. The van der Waals surface area contributed by atoms with Crippen LogP contribution in [0.4, 0.5) is 23.2 Å². The average molecular weight is 569 g/mol. The number of aliphatic hydroxyl groups excluding tert-OH is 1. The first-order valence-electron chi connectivity index (χ1n) is 12.3. The number of alkyl halides is 3. The fourth-order valence-electron chi connectivity index (χ4n) is 4.75. The van der Waals surface area contributed by atoms with Crippen LogP contribution in [0.15, 0.2) is 85.2 Å². The SMILES string of the molecule is Cc1cc(O)ccc1[C@@H]1[C@@H](SC[C@@H](O)c2ccc(F)cc2)C(=O)N1c1ccc(-c2cncc(C(F)(F)F)c2)cc1. The first-order chi connectivity index (χ1) is 19.0. The van der Waals surface area contributed by atoms with Crippen LogP contribution in [0.2, 0.25) is 0 Å². The summed E-state index contributed by atoms with van der Waals surface area (Å²) in [6.07, 6.45) is -3.30. The molecule has 0 spiro atoms. The van der Waals surface area contributed by atoms with Crippen molar-refractivity contribution in [1.82, 2.24) is 4.98 Å². The van der Waals surface area contributed by atoms with E-state index in [4.69, 9.17) is 0 Å². The van der Waals surface area contributed by atoms with Crippen LogP contribution in [0, 0.1) is 12.7 Å². The Balaban J connectivity index is 1.40. The van der Waals surface area contributed by atoms with Crippen LogP contribution in [0.25, 0.3) is 11.1 Å². The van der Waals surface area contributed by atoms with Gasteiger partial charge in [-0.2, -0.15) is 13.2 Å². The van der Waals surface area contributed by atoms with Gasteiger partial charge in [-0.3, -0.25) is 9.78 Å². The number of pyridine rings is 1. The molecule has 5 nitrogen and oxygen atoms in total. The number of carbonyl (C=O) groups excluding carboxylic acids is 1. The van der Waals surface area contributed by atoms with Crippen molar-refractivity contribution in [2.75, 3.05) is 10.7 Å². The zero-order chi connectivity index (χ0) is 28.6. The largest absolute Gasteiger partial charge is 0.508 e. The van der Waals surface area contributed by atoms with Crippen LogP contribution in [-0.2, 0) is 11.0 Å². The standard InChI is InChI=1S/C30H24F4N2O3S/c1-17-12-24(37)10-11-25(17)27-28(40-16-26(38)19-2-6-22(31)7-3-19)29(39)36(27)23-8-4-18(5-9-23)20-13-21(15-35-14-20)30(32,33)34/h2-15,26-28,37-38H,16H2,1H3/t26-,27-,28-/m1/s1. The number of amides is 1. The Morgan fingerprint density at radius 1 is 0.975 bits per heavy atom. The lowest BCUT2D eigenvalue weighted by Crippen LogP contribution is -2.58. The number of carbonyl (C=O) groups is 1. The molecule has 0 aliphatic carbocycles. The lowest BCUT2D eigenvalue weighted by Gasteiger charge is -2.47. The molecule has 4 aromatic rings. The lowest BCUT2D eigenvalue weighted by atomic mass is 9.89. The van der Waals surface area contributed by atoms with Gasteiger partial charge >= 0.3 is 6.18 Å². The quantitative estimate of drug-likeness (QED) is 0.189. The van der Waals surface area contributed by atoms with E-state index < -0.39 is 35.0 Å². The summed E-state index contributed by atoms with van der Waals surface area (Å²) in [6, 6.07) is 17.7. The van der Waals surface area contributed by atoms with Gasteiger partial charge < -0.3 is 15.1 Å². The van der Waals surface area contributed by atoms with Crippen LogP contribution in [0.1, 0.15) is 34.4 Å².